The van der Waals surface area contributed by atoms with Crippen LogP contribution in [-0.2, 0) is 17.8 Å². The molecule has 0 fully saturated rings. The van der Waals surface area contributed by atoms with Crippen LogP contribution < -0.4 is 10.6 Å². The summed E-state index contributed by atoms with van der Waals surface area (Å²) < 4.78 is 39.2. The summed E-state index contributed by atoms with van der Waals surface area (Å²) in [5.41, 5.74) is 5.07. The quantitative estimate of drug-likeness (QED) is 0.399. The topological polar surface area (TPSA) is 113 Å². The standard InChI is InChI=1S/C22H21F3N8O/c1-12(29-11-22(23,24)25)21(34)32-19-10-26-9-17(31-19)16-7-28-20-14(16)5-13(6-27-20)15-8-30-33-4-2-3-18(15)33/h5-10,12,29H,2-4,11H2,1H3,(H,27,28)(H,31,32,34)/t12-/m1/s1. The van der Waals surface area contributed by atoms with Crippen molar-refractivity contribution in [3.63, 3.8) is 0 Å². The van der Waals surface area contributed by atoms with E-state index in [1.165, 1.54) is 18.8 Å². The summed E-state index contributed by atoms with van der Waals surface area (Å²) in [6.07, 6.45) is 5.93. The van der Waals surface area contributed by atoms with Crippen molar-refractivity contribution in [2.45, 2.75) is 38.5 Å². The number of hydrogen-bond donors (Lipinski definition) is 3. The molecule has 1 atom stereocenters. The largest absolute Gasteiger partial charge is 0.401 e. The molecule has 12 heteroatoms. The van der Waals surface area contributed by atoms with Gasteiger partial charge in [-0.05, 0) is 25.8 Å². The van der Waals surface area contributed by atoms with Crippen LogP contribution in [0.15, 0.2) is 37.1 Å². The molecule has 5 rings (SSSR count). The van der Waals surface area contributed by atoms with E-state index in [1.807, 2.05) is 16.9 Å². The van der Waals surface area contributed by atoms with Crippen LogP contribution in [0.4, 0.5) is 19.0 Å². The number of carbonyl (C=O) groups is 1. The van der Waals surface area contributed by atoms with Gasteiger partial charge in [0.05, 0.1) is 36.9 Å². The lowest BCUT2D eigenvalue weighted by atomic mass is 10.0. The van der Waals surface area contributed by atoms with Gasteiger partial charge in [-0.2, -0.15) is 18.3 Å². The number of nitrogens with zero attached hydrogens (tertiary/aromatic N) is 5. The molecule has 34 heavy (non-hydrogen) atoms. The minimum Gasteiger partial charge on any atom is -0.345 e. The lowest BCUT2D eigenvalue weighted by Crippen LogP contribution is -2.42. The van der Waals surface area contributed by atoms with Crippen LogP contribution in [0.5, 0.6) is 0 Å². The van der Waals surface area contributed by atoms with Gasteiger partial charge >= 0.3 is 6.18 Å². The van der Waals surface area contributed by atoms with Crippen molar-refractivity contribution in [2.75, 3.05) is 11.9 Å². The van der Waals surface area contributed by atoms with Crippen molar-refractivity contribution >= 4 is 22.8 Å². The molecule has 9 nitrogen and oxygen atoms in total. The normalized spacial score (nSPS) is 14.4. The van der Waals surface area contributed by atoms with Gasteiger partial charge < -0.3 is 10.3 Å². The fraction of sp³-hybridized carbons (Fsp3) is 0.318. The van der Waals surface area contributed by atoms with Gasteiger partial charge in [-0.1, -0.05) is 0 Å². The molecule has 0 unspecified atom stereocenters. The summed E-state index contributed by atoms with van der Waals surface area (Å²) in [6, 6.07) is 0.949. The zero-order chi connectivity index (χ0) is 23.9. The average Bonchev–Trinajstić information content (AvgIpc) is 3.52. The summed E-state index contributed by atoms with van der Waals surface area (Å²) in [6.45, 7) is 0.996. The molecule has 1 amide bonds. The number of alkyl halides is 3. The van der Waals surface area contributed by atoms with Gasteiger partial charge in [-0.15, -0.1) is 0 Å². The van der Waals surface area contributed by atoms with Gasteiger partial charge in [0.2, 0.25) is 5.91 Å². The minimum absolute atomic E-state index is 0.135. The second-order valence-electron chi connectivity index (χ2n) is 8.15. The third-order valence-electron chi connectivity index (χ3n) is 5.74. The zero-order valence-electron chi connectivity index (χ0n) is 18.1. The zero-order valence-corrected chi connectivity index (χ0v) is 18.1. The number of pyridine rings is 1. The summed E-state index contributed by atoms with van der Waals surface area (Å²) in [7, 11) is 0. The first-order valence-electron chi connectivity index (χ1n) is 10.7. The first-order valence-corrected chi connectivity index (χ1v) is 10.7. The molecule has 0 aliphatic carbocycles. The molecule has 1 aliphatic heterocycles. The lowest BCUT2D eigenvalue weighted by Gasteiger charge is -2.15. The number of anilines is 1. The van der Waals surface area contributed by atoms with Crippen LogP contribution in [0.25, 0.3) is 33.4 Å². The predicted octanol–water partition coefficient (Wildman–Crippen LogP) is 3.31. The number of halogens is 3. The fourth-order valence-electron chi connectivity index (χ4n) is 4.02. The van der Waals surface area contributed by atoms with Gasteiger partial charge in [-0.3, -0.25) is 19.8 Å². The van der Waals surface area contributed by atoms with Crippen molar-refractivity contribution in [3.8, 4) is 22.4 Å². The molecule has 5 heterocycles. The molecule has 4 aromatic heterocycles. The van der Waals surface area contributed by atoms with E-state index in [9.17, 15) is 18.0 Å². The van der Waals surface area contributed by atoms with Gasteiger partial charge in [0.25, 0.3) is 0 Å². The maximum Gasteiger partial charge on any atom is 0.401 e. The van der Waals surface area contributed by atoms with E-state index in [1.54, 1.807) is 18.6 Å². The smallest absolute Gasteiger partial charge is 0.345 e. The number of fused-ring (bicyclic) bond motifs is 2. The molecule has 4 aromatic rings. The van der Waals surface area contributed by atoms with E-state index in [-0.39, 0.29) is 5.82 Å². The molecular formula is C22H21F3N8O. The highest BCUT2D eigenvalue weighted by Crippen LogP contribution is 2.33. The van der Waals surface area contributed by atoms with Crippen molar-refractivity contribution in [1.29, 1.82) is 0 Å². The Morgan fingerprint density at radius 1 is 1.24 bits per heavy atom. The van der Waals surface area contributed by atoms with Crippen molar-refractivity contribution in [1.82, 2.24) is 35.0 Å². The fourth-order valence-corrected chi connectivity index (χ4v) is 4.02. The second-order valence-corrected chi connectivity index (χ2v) is 8.15. The monoisotopic (exact) mass is 470 g/mol. The first kappa shape index (κ1) is 22.0. The van der Waals surface area contributed by atoms with Gasteiger partial charge in [-0.25, -0.2) is 9.97 Å². The molecule has 0 radical (unpaired) electrons. The van der Waals surface area contributed by atoms with E-state index in [0.29, 0.717) is 11.3 Å². The van der Waals surface area contributed by atoms with E-state index in [0.717, 1.165) is 41.5 Å². The van der Waals surface area contributed by atoms with Crippen molar-refractivity contribution in [3.05, 3.63) is 42.7 Å². The summed E-state index contributed by atoms with van der Waals surface area (Å²) in [5.74, 6) is -0.510. The molecule has 176 valence electrons. The van der Waals surface area contributed by atoms with E-state index < -0.39 is 24.7 Å². The first-order chi connectivity index (χ1) is 16.3. The number of carbonyl (C=O) groups excluding carboxylic acids is 1. The second kappa shape index (κ2) is 8.52. The molecule has 1 aliphatic rings. The number of aromatic nitrogens is 6. The number of nitrogens with one attached hydrogen (secondary N) is 3. The van der Waals surface area contributed by atoms with Crippen LogP contribution in [0.2, 0.25) is 0 Å². The molecule has 0 aromatic carbocycles. The molecule has 0 bridgehead atoms. The van der Waals surface area contributed by atoms with Crippen molar-refractivity contribution < 1.29 is 18.0 Å². The van der Waals surface area contributed by atoms with Crippen LogP contribution >= 0.6 is 0 Å². The molecule has 3 N–H and O–H groups in total. The predicted molar refractivity (Wildman–Crippen MR) is 119 cm³/mol. The van der Waals surface area contributed by atoms with Crippen LogP contribution in [-0.4, -0.2) is 54.4 Å². The Hall–Kier alpha value is -3.80. The lowest BCUT2D eigenvalue weighted by molar-refractivity contribution is -0.129. The summed E-state index contributed by atoms with van der Waals surface area (Å²) in [4.78, 5) is 28.5. The highest BCUT2D eigenvalue weighted by atomic mass is 19.4. The van der Waals surface area contributed by atoms with Gasteiger partial charge in [0.1, 0.15) is 5.65 Å². The van der Waals surface area contributed by atoms with Gasteiger partial charge in [0.15, 0.2) is 5.82 Å². The van der Waals surface area contributed by atoms with Gasteiger partial charge in [0, 0.05) is 46.7 Å². The van der Waals surface area contributed by atoms with E-state index in [2.05, 4.69) is 35.7 Å². The molecule has 0 saturated heterocycles. The Balaban J connectivity index is 1.40. The SMILES string of the molecule is C[C@@H](NCC(F)(F)F)C(=O)Nc1cncc(-c2c[nH]c3ncc(-c4cnn5c4CCC5)cc23)n1. The highest BCUT2D eigenvalue weighted by molar-refractivity contribution is 5.96. The number of aromatic amines is 1. The summed E-state index contributed by atoms with van der Waals surface area (Å²) in [5, 5.41) is 9.93. The van der Waals surface area contributed by atoms with Crippen molar-refractivity contribution in [2.24, 2.45) is 0 Å². The Kier molecular flexibility index (Phi) is 5.52. The third kappa shape index (κ3) is 4.36. The van der Waals surface area contributed by atoms with Crippen LogP contribution in [0.3, 0.4) is 0 Å². The molecular weight excluding hydrogens is 449 g/mol. The third-order valence-corrected chi connectivity index (χ3v) is 5.74. The Morgan fingerprint density at radius 3 is 2.91 bits per heavy atom. The average molecular weight is 470 g/mol. The highest BCUT2D eigenvalue weighted by Gasteiger charge is 2.28. The summed E-state index contributed by atoms with van der Waals surface area (Å²) >= 11 is 0. The number of aryl methyl sites for hydroxylation is 1. The maximum absolute atomic E-state index is 12.4. The Morgan fingerprint density at radius 2 is 2.09 bits per heavy atom. The number of amides is 1. The Labute approximate surface area is 191 Å². The maximum atomic E-state index is 12.4. The number of rotatable bonds is 6. The Bertz CT molecular complexity index is 1360. The van der Waals surface area contributed by atoms with E-state index in [4.69, 9.17) is 0 Å². The number of hydrogen-bond acceptors (Lipinski definition) is 6. The van der Waals surface area contributed by atoms with E-state index >= 15 is 0 Å². The molecule has 0 saturated carbocycles. The minimum atomic E-state index is -4.41. The number of H-pyrrole nitrogens is 1. The van der Waals surface area contributed by atoms with Crippen LogP contribution in [0.1, 0.15) is 19.0 Å². The van der Waals surface area contributed by atoms with Crippen LogP contribution in [0, 0.1) is 0 Å². The molecule has 0 spiro atoms.